The Labute approximate surface area is 87.9 Å². The van der Waals surface area contributed by atoms with Gasteiger partial charge in [0.05, 0.1) is 0 Å². The van der Waals surface area contributed by atoms with Crippen molar-refractivity contribution in [3.63, 3.8) is 0 Å². The zero-order valence-electron chi connectivity index (χ0n) is 7.89. The highest BCUT2D eigenvalue weighted by Gasteiger charge is 1.93. The summed E-state index contributed by atoms with van der Waals surface area (Å²) in [5.74, 6) is 0.950. The lowest BCUT2D eigenvalue weighted by Gasteiger charge is -2.04. The third-order valence-electron chi connectivity index (χ3n) is 1.81. The van der Waals surface area contributed by atoms with Gasteiger partial charge in [0, 0.05) is 17.2 Å². The monoisotopic (exact) mass is 242 g/mol. The molecule has 72 valence electrons. The second-order valence-electron chi connectivity index (χ2n) is 2.99. The van der Waals surface area contributed by atoms with Crippen molar-refractivity contribution in [1.82, 2.24) is 4.98 Å². The maximum Gasteiger partial charge on any atom is 0.127 e. The summed E-state index contributed by atoms with van der Waals surface area (Å²) >= 11 is 3.40. The molecule has 0 unspecified atom stereocenters. The summed E-state index contributed by atoms with van der Waals surface area (Å²) in [6.45, 7) is 3.22. The minimum atomic E-state index is 0.950. The number of hydrogen-bond acceptors (Lipinski definition) is 2. The molecule has 1 aromatic rings. The SMILES string of the molecule is CCCCCNc1cc(Br)ccn1. The summed E-state index contributed by atoms with van der Waals surface area (Å²) in [4.78, 5) is 4.20. The molecule has 0 radical (unpaired) electrons. The van der Waals surface area contributed by atoms with E-state index >= 15 is 0 Å². The van der Waals surface area contributed by atoms with Crippen molar-refractivity contribution in [2.45, 2.75) is 26.2 Å². The molecule has 0 bridgehead atoms. The summed E-state index contributed by atoms with van der Waals surface area (Å²) < 4.78 is 1.07. The van der Waals surface area contributed by atoms with E-state index in [1.807, 2.05) is 12.1 Å². The molecule has 3 heteroatoms. The van der Waals surface area contributed by atoms with Gasteiger partial charge < -0.3 is 5.32 Å². The predicted molar refractivity (Wildman–Crippen MR) is 60.0 cm³/mol. The highest BCUT2D eigenvalue weighted by atomic mass is 79.9. The highest BCUT2D eigenvalue weighted by Crippen LogP contribution is 2.12. The van der Waals surface area contributed by atoms with Gasteiger partial charge in [-0.05, 0) is 18.6 Å². The Bertz CT molecular complexity index is 250. The van der Waals surface area contributed by atoms with Crippen LogP contribution in [-0.2, 0) is 0 Å². The number of halogens is 1. The minimum absolute atomic E-state index is 0.950. The normalized spacial score (nSPS) is 10.0. The van der Waals surface area contributed by atoms with E-state index in [9.17, 15) is 0 Å². The molecule has 0 fully saturated rings. The molecule has 13 heavy (non-hydrogen) atoms. The van der Waals surface area contributed by atoms with E-state index in [1.54, 1.807) is 6.20 Å². The quantitative estimate of drug-likeness (QED) is 0.801. The molecule has 0 amide bonds. The van der Waals surface area contributed by atoms with Gasteiger partial charge in [0.15, 0.2) is 0 Å². The zero-order valence-corrected chi connectivity index (χ0v) is 9.47. The average molecular weight is 243 g/mol. The molecule has 0 aromatic carbocycles. The molecule has 0 aliphatic heterocycles. The second-order valence-corrected chi connectivity index (χ2v) is 3.91. The van der Waals surface area contributed by atoms with Crippen molar-refractivity contribution in [3.05, 3.63) is 22.8 Å². The van der Waals surface area contributed by atoms with Crippen molar-refractivity contribution < 1.29 is 0 Å². The van der Waals surface area contributed by atoms with Gasteiger partial charge in [0.25, 0.3) is 0 Å². The van der Waals surface area contributed by atoms with Crippen LogP contribution in [0.3, 0.4) is 0 Å². The number of hydrogen-bond donors (Lipinski definition) is 1. The van der Waals surface area contributed by atoms with Gasteiger partial charge in [-0.3, -0.25) is 0 Å². The van der Waals surface area contributed by atoms with Gasteiger partial charge in [-0.25, -0.2) is 4.98 Å². The lowest BCUT2D eigenvalue weighted by Crippen LogP contribution is -2.02. The molecule has 1 aromatic heterocycles. The smallest absolute Gasteiger partial charge is 0.127 e. The fraction of sp³-hybridized carbons (Fsp3) is 0.500. The number of nitrogens with one attached hydrogen (secondary N) is 1. The van der Waals surface area contributed by atoms with Crippen LogP contribution in [0.1, 0.15) is 26.2 Å². The molecule has 0 spiro atoms. The average Bonchev–Trinajstić information content (AvgIpc) is 2.13. The van der Waals surface area contributed by atoms with Gasteiger partial charge in [0.1, 0.15) is 5.82 Å². The maximum absolute atomic E-state index is 4.20. The molecule has 1 rings (SSSR count). The van der Waals surface area contributed by atoms with E-state index in [0.29, 0.717) is 0 Å². The van der Waals surface area contributed by atoms with Gasteiger partial charge in [-0.1, -0.05) is 35.7 Å². The predicted octanol–water partition coefficient (Wildman–Crippen LogP) is 3.45. The topological polar surface area (TPSA) is 24.9 Å². The maximum atomic E-state index is 4.20. The van der Waals surface area contributed by atoms with Crippen molar-refractivity contribution in [3.8, 4) is 0 Å². The van der Waals surface area contributed by atoms with Gasteiger partial charge in [-0.15, -0.1) is 0 Å². The molecule has 0 saturated carbocycles. The van der Waals surface area contributed by atoms with Crippen LogP contribution in [0.4, 0.5) is 5.82 Å². The molecular formula is C10H15BrN2. The first kappa shape index (κ1) is 10.5. The first-order valence-electron chi connectivity index (χ1n) is 4.68. The van der Waals surface area contributed by atoms with Crippen molar-refractivity contribution in [2.24, 2.45) is 0 Å². The molecule has 1 heterocycles. The van der Waals surface area contributed by atoms with Crippen LogP contribution in [0, 0.1) is 0 Å². The Balaban J connectivity index is 2.28. The van der Waals surface area contributed by atoms with Crippen LogP contribution in [0.5, 0.6) is 0 Å². The first-order chi connectivity index (χ1) is 6.33. The fourth-order valence-corrected chi connectivity index (χ4v) is 1.43. The fourth-order valence-electron chi connectivity index (χ4n) is 1.09. The third kappa shape index (κ3) is 4.27. The summed E-state index contributed by atoms with van der Waals surface area (Å²) in [6, 6.07) is 3.92. The standard InChI is InChI=1S/C10H15BrN2/c1-2-3-4-6-12-10-8-9(11)5-7-13-10/h5,7-8H,2-4,6H2,1H3,(H,12,13). The summed E-state index contributed by atoms with van der Waals surface area (Å²) in [5.41, 5.74) is 0. The lowest BCUT2D eigenvalue weighted by molar-refractivity contribution is 0.742. The Morgan fingerprint density at radius 2 is 2.31 bits per heavy atom. The van der Waals surface area contributed by atoms with E-state index in [2.05, 4.69) is 33.2 Å². The largest absolute Gasteiger partial charge is 0.370 e. The Morgan fingerprint density at radius 1 is 1.46 bits per heavy atom. The molecule has 0 aliphatic carbocycles. The number of pyridine rings is 1. The summed E-state index contributed by atoms with van der Waals surface area (Å²) in [7, 11) is 0. The van der Waals surface area contributed by atoms with Crippen molar-refractivity contribution in [2.75, 3.05) is 11.9 Å². The lowest BCUT2D eigenvalue weighted by atomic mass is 10.2. The first-order valence-corrected chi connectivity index (χ1v) is 5.47. The Morgan fingerprint density at radius 3 is 3.00 bits per heavy atom. The van der Waals surface area contributed by atoms with E-state index in [-0.39, 0.29) is 0 Å². The highest BCUT2D eigenvalue weighted by molar-refractivity contribution is 9.10. The number of unbranched alkanes of at least 4 members (excludes halogenated alkanes) is 2. The molecule has 0 atom stereocenters. The van der Waals surface area contributed by atoms with Gasteiger partial charge in [-0.2, -0.15) is 0 Å². The minimum Gasteiger partial charge on any atom is -0.370 e. The Kier molecular flexibility index (Phi) is 4.83. The van der Waals surface area contributed by atoms with Crippen LogP contribution in [0.25, 0.3) is 0 Å². The van der Waals surface area contributed by atoms with E-state index in [1.165, 1.54) is 19.3 Å². The van der Waals surface area contributed by atoms with Crippen LogP contribution < -0.4 is 5.32 Å². The summed E-state index contributed by atoms with van der Waals surface area (Å²) in [6.07, 6.45) is 5.55. The number of nitrogens with zero attached hydrogens (tertiary/aromatic N) is 1. The number of anilines is 1. The van der Waals surface area contributed by atoms with Crippen LogP contribution in [-0.4, -0.2) is 11.5 Å². The van der Waals surface area contributed by atoms with Crippen LogP contribution >= 0.6 is 15.9 Å². The zero-order chi connectivity index (χ0) is 9.52. The summed E-state index contributed by atoms with van der Waals surface area (Å²) in [5, 5.41) is 3.28. The molecule has 0 aliphatic rings. The number of aromatic nitrogens is 1. The molecule has 0 saturated heterocycles. The van der Waals surface area contributed by atoms with E-state index in [4.69, 9.17) is 0 Å². The van der Waals surface area contributed by atoms with E-state index in [0.717, 1.165) is 16.8 Å². The van der Waals surface area contributed by atoms with E-state index < -0.39 is 0 Å². The third-order valence-corrected chi connectivity index (χ3v) is 2.30. The van der Waals surface area contributed by atoms with Gasteiger partial charge >= 0.3 is 0 Å². The van der Waals surface area contributed by atoms with Crippen LogP contribution in [0.15, 0.2) is 22.8 Å². The van der Waals surface area contributed by atoms with Crippen LogP contribution in [0.2, 0.25) is 0 Å². The van der Waals surface area contributed by atoms with Crippen molar-refractivity contribution >= 4 is 21.7 Å². The second kappa shape index (κ2) is 5.97. The molecule has 1 N–H and O–H groups in total. The molecular weight excluding hydrogens is 228 g/mol. The van der Waals surface area contributed by atoms with Crippen molar-refractivity contribution in [1.29, 1.82) is 0 Å². The molecule has 2 nitrogen and oxygen atoms in total. The Hall–Kier alpha value is -0.570. The number of rotatable bonds is 5. The van der Waals surface area contributed by atoms with Gasteiger partial charge in [0.2, 0.25) is 0 Å².